The van der Waals surface area contributed by atoms with Crippen LogP contribution in [-0.4, -0.2) is 45.0 Å². The molecule has 0 aliphatic carbocycles. The van der Waals surface area contributed by atoms with Gasteiger partial charge in [0.15, 0.2) is 5.13 Å². The summed E-state index contributed by atoms with van der Waals surface area (Å²) >= 11 is 1.32. The summed E-state index contributed by atoms with van der Waals surface area (Å²) in [4.78, 5) is 31.8. The van der Waals surface area contributed by atoms with Crippen molar-refractivity contribution in [1.29, 1.82) is 0 Å². The van der Waals surface area contributed by atoms with E-state index in [4.69, 9.17) is 9.88 Å². The maximum atomic E-state index is 13.3. The van der Waals surface area contributed by atoms with Gasteiger partial charge in [0.1, 0.15) is 12.6 Å². The molecule has 1 atom stereocenters. The van der Waals surface area contributed by atoms with Crippen LogP contribution in [0.5, 0.6) is 0 Å². The molecule has 3 aromatic rings. The fraction of sp³-hybridized carbons (Fsp3) is 0.292. The smallest absolute Gasteiger partial charge is 0.408 e. The lowest BCUT2D eigenvalue weighted by atomic mass is 10.1. The molecule has 10 nitrogen and oxygen atoms in total. The Balaban J connectivity index is 1.64. The number of alkyl carbamates (subject to hydrolysis) is 1. The minimum Gasteiger partial charge on any atom is -0.445 e. The van der Waals surface area contributed by atoms with Gasteiger partial charge in [0.2, 0.25) is 0 Å². The molecule has 0 radical (unpaired) electrons. The number of nitrogens with zero attached hydrogens (tertiary/aromatic N) is 2. The summed E-state index contributed by atoms with van der Waals surface area (Å²) in [6.07, 6.45) is 0.434. The molecule has 2 aromatic carbocycles. The van der Waals surface area contributed by atoms with Gasteiger partial charge in [-0.1, -0.05) is 60.7 Å². The molecular weight excluding hydrogens is 502 g/mol. The molecule has 12 heteroatoms. The molecule has 3 rings (SSSR count). The van der Waals surface area contributed by atoms with E-state index in [1.165, 1.54) is 16.2 Å². The molecule has 2 amide bonds. The van der Waals surface area contributed by atoms with Crippen molar-refractivity contribution in [1.82, 2.24) is 15.0 Å². The maximum Gasteiger partial charge on any atom is 0.408 e. The molecule has 0 saturated carbocycles. The Morgan fingerprint density at radius 1 is 1.08 bits per heavy atom. The molecule has 0 saturated heterocycles. The lowest BCUT2D eigenvalue weighted by molar-refractivity contribution is -0.120. The number of aromatic nitrogens is 1. The summed E-state index contributed by atoms with van der Waals surface area (Å²) in [6, 6.07) is 17.9. The third kappa shape index (κ3) is 8.72. The molecule has 1 heterocycles. The van der Waals surface area contributed by atoms with E-state index < -0.39 is 22.3 Å². The van der Waals surface area contributed by atoms with Crippen LogP contribution in [0.25, 0.3) is 11.3 Å². The summed E-state index contributed by atoms with van der Waals surface area (Å²) in [7, 11) is -2.19. The minimum absolute atomic E-state index is 0.0641. The number of amides is 2. The third-order valence-corrected chi connectivity index (χ3v) is 6.73. The summed E-state index contributed by atoms with van der Waals surface area (Å²) in [5.41, 5.74) is 2.50. The van der Waals surface area contributed by atoms with Gasteiger partial charge in [0.05, 0.1) is 5.69 Å². The number of anilines is 1. The van der Waals surface area contributed by atoms with Crippen LogP contribution in [0.2, 0.25) is 0 Å². The van der Waals surface area contributed by atoms with Gasteiger partial charge >= 0.3 is 6.09 Å². The molecule has 0 bridgehead atoms. The number of ether oxygens (including phenoxy) is 1. The Morgan fingerprint density at radius 3 is 2.42 bits per heavy atom. The Kier molecular flexibility index (Phi) is 9.94. The number of benzene rings is 2. The minimum atomic E-state index is -3.79. The first kappa shape index (κ1) is 27.3. The average molecular weight is 532 g/mol. The Hall–Kier alpha value is -3.32. The van der Waals surface area contributed by atoms with Crippen LogP contribution in [0.15, 0.2) is 66.0 Å². The van der Waals surface area contributed by atoms with E-state index in [2.05, 4.69) is 15.0 Å². The molecule has 192 valence electrons. The van der Waals surface area contributed by atoms with Gasteiger partial charge in [0.25, 0.3) is 16.1 Å². The number of rotatable bonds is 12. The van der Waals surface area contributed by atoms with Crippen LogP contribution in [0.3, 0.4) is 0 Å². The number of unbranched alkanes of at least 4 members (excludes halogenated alkanes) is 1. The van der Waals surface area contributed by atoms with Gasteiger partial charge in [-0.25, -0.2) is 19.6 Å². The van der Waals surface area contributed by atoms with Crippen LogP contribution < -0.4 is 20.1 Å². The van der Waals surface area contributed by atoms with E-state index >= 15 is 0 Å². The number of carbonyl (C=O) groups is 2. The molecule has 0 unspecified atom stereocenters. The van der Waals surface area contributed by atoms with Crippen molar-refractivity contribution in [3.8, 4) is 11.3 Å². The van der Waals surface area contributed by atoms with Crippen molar-refractivity contribution in [3.05, 3.63) is 71.6 Å². The van der Waals surface area contributed by atoms with E-state index in [-0.39, 0.29) is 25.5 Å². The zero-order chi connectivity index (χ0) is 26.0. The van der Waals surface area contributed by atoms with Crippen molar-refractivity contribution in [2.45, 2.75) is 31.9 Å². The molecule has 1 aromatic heterocycles. The average Bonchev–Trinajstić information content (AvgIpc) is 3.36. The van der Waals surface area contributed by atoms with Crippen molar-refractivity contribution in [3.63, 3.8) is 0 Å². The van der Waals surface area contributed by atoms with Gasteiger partial charge in [-0.05, 0) is 24.8 Å². The first-order valence-electron chi connectivity index (χ1n) is 11.3. The fourth-order valence-electron chi connectivity index (χ4n) is 3.34. The summed E-state index contributed by atoms with van der Waals surface area (Å²) < 4.78 is 29.6. The standard InChI is InChI=1S/C24H29N5O5S2/c1-29(23-27-21(17-35-23)19-12-6-3-7-13-19)22(30)20(14-8-9-15-26-36(25,32)33)28-24(31)34-16-18-10-4-2-5-11-18/h2-7,10-13,17,20,26H,8-9,14-16H2,1H3,(H,28,31)(H2,25,32,33)/t20-/m0/s1. The largest absolute Gasteiger partial charge is 0.445 e. The van der Waals surface area contributed by atoms with Crippen molar-refractivity contribution < 1.29 is 22.7 Å². The van der Waals surface area contributed by atoms with Crippen molar-refractivity contribution >= 4 is 38.7 Å². The van der Waals surface area contributed by atoms with E-state index in [1.807, 2.05) is 66.0 Å². The monoisotopic (exact) mass is 531 g/mol. The molecule has 0 spiro atoms. The van der Waals surface area contributed by atoms with E-state index in [0.717, 1.165) is 16.8 Å². The Labute approximate surface area is 214 Å². The zero-order valence-electron chi connectivity index (χ0n) is 19.8. The topological polar surface area (TPSA) is 144 Å². The lowest BCUT2D eigenvalue weighted by Crippen LogP contribution is -2.47. The van der Waals surface area contributed by atoms with E-state index in [0.29, 0.717) is 18.0 Å². The quantitative estimate of drug-likeness (QED) is 0.307. The van der Waals surface area contributed by atoms with Crippen LogP contribution in [0.4, 0.5) is 9.93 Å². The van der Waals surface area contributed by atoms with Gasteiger partial charge in [-0.3, -0.25) is 9.69 Å². The number of nitrogens with two attached hydrogens (primary N) is 1. The molecule has 0 fully saturated rings. The van der Waals surface area contributed by atoms with Gasteiger partial charge in [-0.2, -0.15) is 8.42 Å². The van der Waals surface area contributed by atoms with Crippen molar-refractivity contribution in [2.24, 2.45) is 5.14 Å². The predicted molar refractivity (Wildman–Crippen MR) is 139 cm³/mol. The molecule has 0 aliphatic heterocycles. The lowest BCUT2D eigenvalue weighted by Gasteiger charge is -2.23. The predicted octanol–water partition coefficient (Wildman–Crippen LogP) is 3.03. The first-order valence-corrected chi connectivity index (χ1v) is 13.7. The maximum absolute atomic E-state index is 13.3. The Bertz CT molecular complexity index is 1240. The molecule has 0 aliphatic rings. The van der Waals surface area contributed by atoms with Crippen LogP contribution in [-0.2, 0) is 26.3 Å². The summed E-state index contributed by atoms with van der Waals surface area (Å²) in [5, 5.41) is 9.94. The second-order valence-corrected chi connectivity index (χ2v) is 10.2. The zero-order valence-corrected chi connectivity index (χ0v) is 21.4. The highest BCUT2D eigenvalue weighted by molar-refractivity contribution is 7.87. The summed E-state index contributed by atoms with van der Waals surface area (Å²) in [6.45, 7) is 0.190. The molecule has 36 heavy (non-hydrogen) atoms. The van der Waals surface area contributed by atoms with Gasteiger partial charge < -0.3 is 10.1 Å². The highest BCUT2D eigenvalue weighted by Crippen LogP contribution is 2.27. The van der Waals surface area contributed by atoms with Gasteiger partial charge in [-0.15, -0.1) is 11.3 Å². The SMILES string of the molecule is CN(C(=O)[C@H](CCCCNS(N)(=O)=O)NC(=O)OCc1ccccc1)c1nc(-c2ccccc2)cs1. The Morgan fingerprint density at radius 2 is 1.75 bits per heavy atom. The second kappa shape index (κ2) is 13.1. The molecular formula is C24H29N5O5S2. The number of carbonyl (C=O) groups excluding carboxylic acids is 2. The highest BCUT2D eigenvalue weighted by Gasteiger charge is 2.27. The summed E-state index contributed by atoms with van der Waals surface area (Å²) in [5.74, 6) is -0.361. The van der Waals surface area contributed by atoms with Crippen LogP contribution >= 0.6 is 11.3 Å². The van der Waals surface area contributed by atoms with Crippen LogP contribution in [0, 0.1) is 0 Å². The molecule has 4 N–H and O–H groups in total. The number of hydrogen-bond acceptors (Lipinski definition) is 7. The van der Waals surface area contributed by atoms with Crippen LogP contribution in [0.1, 0.15) is 24.8 Å². The normalized spacial score (nSPS) is 12.1. The number of hydrogen-bond donors (Lipinski definition) is 3. The third-order valence-electron chi connectivity index (χ3n) is 5.20. The highest BCUT2D eigenvalue weighted by atomic mass is 32.2. The fourth-order valence-corrected chi connectivity index (χ4v) is 4.57. The first-order chi connectivity index (χ1) is 17.2. The number of thiazole rings is 1. The van der Waals surface area contributed by atoms with Crippen molar-refractivity contribution in [2.75, 3.05) is 18.5 Å². The number of nitrogens with one attached hydrogen (secondary N) is 2. The van der Waals surface area contributed by atoms with E-state index in [1.54, 1.807) is 7.05 Å². The second-order valence-electron chi connectivity index (χ2n) is 7.97. The van der Waals surface area contributed by atoms with Gasteiger partial charge in [0, 0.05) is 24.5 Å². The van der Waals surface area contributed by atoms with E-state index in [9.17, 15) is 18.0 Å². The number of likely N-dealkylation sites (N-methyl/N-ethyl adjacent to an activating group) is 1.